The molecule has 0 saturated carbocycles. The lowest BCUT2D eigenvalue weighted by Gasteiger charge is -2.52. The fourth-order valence-electron chi connectivity index (χ4n) is 5.36. The summed E-state index contributed by atoms with van der Waals surface area (Å²) in [5.41, 5.74) is 3.62. The number of anilines is 1. The van der Waals surface area contributed by atoms with Gasteiger partial charge in [-0.1, -0.05) is 0 Å². The molecule has 2 aliphatic heterocycles. The van der Waals surface area contributed by atoms with Gasteiger partial charge in [-0.05, 0) is 63.6 Å². The summed E-state index contributed by atoms with van der Waals surface area (Å²) in [6.45, 7) is 6.40. The number of hydrogen-bond acceptors (Lipinski definition) is 8. The molecular weight excluding hydrogens is 521 g/mol. The molecule has 0 bridgehead atoms. The number of nitrogens with one attached hydrogen (secondary N) is 3. The number of carbonyl (C=O) groups is 2. The van der Waals surface area contributed by atoms with Gasteiger partial charge in [0.1, 0.15) is 5.82 Å². The first-order valence-electron chi connectivity index (χ1n) is 12.7. The van der Waals surface area contributed by atoms with E-state index in [1.54, 1.807) is 55.7 Å². The van der Waals surface area contributed by atoms with Crippen molar-refractivity contribution in [2.75, 3.05) is 24.5 Å². The summed E-state index contributed by atoms with van der Waals surface area (Å²) >= 11 is 1.44. The van der Waals surface area contributed by atoms with Crippen LogP contribution in [0.2, 0.25) is 0 Å². The number of piperidine rings is 1. The van der Waals surface area contributed by atoms with E-state index in [2.05, 4.69) is 25.9 Å². The molecule has 2 amide bonds. The number of aryl methyl sites for hydroxylation is 1. The zero-order valence-corrected chi connectivity index (χ0v) is 22.7. The van der Waals surface area contributed by atoms with Crippen LogP contribution >= 0.6 is 11.3 Å². The normalized spacial score (nSPS) is 24.6. The maximum atomic E-state index is 14.1. The monoisotopic (exact) mass is 551 g/mol. The number of aromatic nitrogens is 2. The lowest BCUT2D eigenvalue weighted by molar-refractivity contribution is -0.155. The van der Waals surface area contributed by atoms with Crippen LogP contribution in [0.15, 0.2) is 47.2 Å². The Balaban J connectivity index is 1.72. The first-order valence-corrected chi connectivity index (χ1v) is 13.6. The SMILES string of the molecule is CCNC(=O)NC1(C2CNCCC2(C)C(=O)O)N=CC=CN1c1cc(-c2cc(C)c(F)cn2)c2scnc2c1. The molecule has 2 aromatic heterocycles. The fourth-order valence-corrected chi connectivity index (χ4v) is 6.15. The second-order valence-corrected chi connectivity index (χ2v) is 10.8. The van der Waals surface area contributed by atoms with Crippen LogP contribution in [-0.4, -0.2) is 58.7 Å². The number of halogens is 1. The second-order valence-electron chi connectivity index (χ2n) is 9.94. The summed E-state index contributed by atoms with van der Waals surface area (Å²) < 4.78 is 14.9. The number of benzene rings is 1. The van der Waals surface area contributed by atoms with Gasteiger partial charge >= 0.3 is 12.0 Å². The molecule has 39 heavy (non-hydrogen) atoms. The van der Waals surface area contributed by atoms with Crippen molar-refractivity contribution in [2.45, 2.75) is 33.0 Å². The van der Waals surface area contributed by atoms with Gasteiger partial charge in [0.05, 0.1) is 39.0 Å². The largest absolute Gasteiger partial charge is 0.481 e. The van der Waals surface area contributed by atoms with E-state index in [0.717, 1.165) is 10.3 Å². The smallest absolute Gasteiger partial charge is 0.318 e. The molecule has 3 atom stereocenters. The zero-order chi connectivity index (χ0) is 27.8. The van der Waals surface area contributed by atoms with E-state index >= 15 is 0 Å². The Labute approximate surface area is 229 Å². The highest BCUT2D eigenvalue weighted by Crippen LogP contribution is 2.46. The molecule has 5 rings (SSSR count). The van der Waals surface area contributed by atoms with E-state index in [0.29, 0.717) is 48.5 Å². The van der Waals surface area contributed by atoms with E-state index < -0.39 is 34.9 Å². The van der Waals surface area contributed by atoms with E-state index in [-0.39, 0.29) is 0 Å². The number of aliphatic imine (C=N–C) groups is 1. The molecule has 3 unspecified atom stereocenters. The highest BCUT2D eigenvalue weighted by molar-refractivity contribution is 7.17. The molecule has 10 nitrogen and oxygen atoms in total. The van der Waals surface area contributed by atoms with E-state index in [4.69, 9.17) is 4.99 Å². The van der Waals surface area contributed by atoms with E-state index in [1.165, 1.54) is 17.5 Å². The topological polar surface area (TPSA) is 132 Å². The summed E-state index contributed by atoms with van der Waals surface area (Å²) in [5.74, 6) is -3.51. The van der Waals surface area contributed by atoms with Crippen molar-refractivity contribution in [3.05, 3.63) is 53.6 Å². The number of hydrogen-bond donors (Lipinski definition) is 4. The van der Waals surface area contributed by atoms with Crippen LogP contribution in [0.5, 0.6) is 0 Å². The molecule has 4 heterocycles. The number of carboxylic acids is 1. The van der Waals surface area contributed by atoms with Crippen molar-refractivity contribution < 1.29 is 19.1 Å². The number of urea groups is 1. The maximum absolute atomic E-state index is 14.1. The molecule has 204 valence electrons. The molecule has 0 aliphatic carbocycles. The van der Waals surface area contributed by atoms with Crippen LogP contribution in [0, 0.1) is 24.1 Å². The minimum atomic E-state index is -1.48. The van der Waals surface area contributed by atoms with Gasteiger partial charge in [0, 0.05) is 36.8 Å². The van der Waals surface area contributed by atoms with Crippen LogP contribution in [0.25, 0.3) is 21.5 Å². The third-order valence-electron chi connectivity index (χ3n) is 7.53. The summed E-state index contributed by atoms with van der Waals surface area (Å²) in [6, 6.07) is 4.98. The number of aliphatic carboxylic acids is 1. The Morgan fingerprint density at radius 1 is 1.31 bits per heavy atom. The molecule has 3 aromatic rings. The predicted octanol–water partition coefficient (Wildman–Crippen LogP) is 3.88. The minimum Gasteiger partial charge on any atom is -0.481 e. The van der Waals surface area contributed by atoms with Crippen molar-refractivity contribution in [3.63, 3.8) is 0 Å². The average Bonchev–Trinajstić information content (AvgIpc) is 3.39. The van der Waals surface area contributed by atoms with Crippen molar-refractivity contribution >= 4 is 45.5 Å². The van der Waals surface area contributed by atoms with Crippen molar-refractivity contribution in [3.8, 4) is 11.3 Å². The van der Waals surface area contributed by atoms with Gasteiger partial charge in [-0.3, -0.25) is 15.1 Å². The van der Waals surface area contributed by atoms with Gasteiger partial charge in [0.25, 0.3) is 0 Å². The number of amides is 2. The zero-order valence-electron chi connectivity index (χ0n) is 21.9. The average molecular weight is 552 g/mol. The van der Waals surface area contributed by atoms with Crippen LogP contribution in [-0.2, 0) is 4.79 Å². The first kappa shape index (κ1) is 26.7. The molecule has 1 saturated heterocycles. The third kappa shape index (κ3) is 4.63. The predicted molar refractivity (Wildman–Crippen MR) is 149 cm³/mol. The highest BCUT2D eigenvalue weighted by Gasteiger charge is 2.57. The molecule has 1 aromatic carbocycles. The molecule has 1 fully saturated rings. The van der Waals surface area contributed by atoms with Crippen LogP contribution < -0.4 is 20.9 Å². The third-order valence-corrected chi connectivity index (χ3v) is 8.40. The van der Waals surface area contributed by atoms with E-state index in [1.807, 2.05) is 12.1 Å². The van der Waals surface area contributed by atoms with Gasteiger partial charge in [-0.2, -0.15) is 0 Å². The second kappa shape index (κ2) is 10.3. The standard InChI is InChI=1S/C27H30FN7O3S/c1-4-30-25(38)34-27(22-14-29-8-6-26(22,3)24(36)37)33-7-5-9-35(27)17-11-18(23-21(12-17)32-15-39-23)20-10-16(2)19(28)13-31-20/h5,7,9-13,15,22,29H,4,6,8,14H2,1-3H3,(H,36,37)(H2,30,34,38). The number of fused-ring (bicyclic) bond motifs is 1. The maximum Gasteiger partial charge on any atom is 0.318 e. The van der Waals surface area contributed by atoms with Gasteiger partial charge in [0.15, 0.2) is 0 Å². The van der Waals surface area contributed by atoms with Gasteiger partial charge in [-0.25, -0.2) is 19.2 Å². The number of nitrogens with zero attached hydrogens (tertiary/aromatic N) is 4. The lowest BCUT2D eigenvalue weighted by Crippen LogP contribution is -2.71. The van der Waals surface area contributed by atoms with Crippen molar-refractivity contribution in [2.24, 2.45) is 16.3 Å². The number of carboxylic acid groups (broad SMARTS) is 1. The molecule has 12 heteroatoms. The summed E-state index contributed by atoms with van der Waals surface area (Å²) in [4.78, 5) is 41.2. The highest BCUT2D eigenvalue weighted by atomic mass is 32.1. The quantitative estimate of drug-likeness (QED) is 0.366. The molecular formula is C27H30FN7O3S. The Morgan fingerprint density at radius 2 is 2.13 bits per heavy atom. The first-order chi connectivity index (χ1) is 18.7. The Bertz CT molecular complexity index is 1490. The van der Waals surface area contributed by atoms with Crippen LogP contribution in [0.3, 0.4) is 0 Å². The number of thiazole rings is 1. The summed E-state index contributed by atoms with van der Waals surface area (Å²) in [5, 5.41) is 19.5. The molecule has 0 spiro atoms. The van der Waals surface area contributed by atoms with Gasteiger partial charge in [-0.15, -0.1) is 11.3 Å². The molecule has 2 aliphatic rings. The Kier molecular flexibility index (Phi) is 7.08. The number of carbonyl (C=O) groups excluding carboxylic acids is 1. The molecule has 4 N–H and O–H groups in total. The van der Waals surface area contributed by atoms with Gasteiger partial charge in [0.2, 0.25) is 5.79 Å². The Morgan fingerprint density at radius 3 is 2.87 bits per heavy atom. The van der Waals surface area contributed by atoms with E-state index in [9.17, 15) is 19.1 Å². The number of allylic oxidation sites excluding steroid dienone is 1. The Hall–Kier alpha value is -3.90. The summed E-state index contributed by atoms with van der Waals surface area (Å²) in [6.07, 6.45) is 6.64. The number of rotatable bonds is 6. The van der Waals surface area contributed by atoms with Crippen molar-refractivity contribution in [1.29, 1.82) is 0 Å². The van der Waals surface area contributed by atoms with Crippen LogP contribution in [0.4, 0.5) is 14.9 Å². The van der Waals surface area contributed by atoms with Gasteiger partial charge < -0.3 is 20.6 Å². The number of pyridine rings is 1. The minimum absolute atomic E-state index is 0.307. The fraction of sp³-hybridized carbons (Fsp3) is 0.370. The summed E-state index contributed by atoms with van der Waals surface area (Å²) in [7, 11) is 0. The lowest BCUT2D eigenvalue weighted by atomic mass is 9.68. The molecule has 0 radical (unpaired) electrons. The van der Waals surface area contributed by atoms with Crippen LogP contribution in [0.1, 0.15) is 25.8 Å². The van der Waals surface area contributed by atoms with Crippen molar-refractivity contribution in [1.82, 2.24) is 25.9 Å².